The molecule has 0 heterocycles. The smallest absolute Gasteiger partial charge is 0.118 e. The maximum atomic E-state index is 6.15. The lowest BCUT2D eigenvalue weighted by atomic mass is 9.76. The van der Waals surface area contributed by atoms with Gasteiger partial charge >= 0.3 is 0 Å². The Morgan fingerprint density at radius 2 is 1.81 bits per heavy atom. The van der Waals surface area contributed by atoms with Crippen molar-refractivity contribution in [3.8, 4) is 5.75 Å². The van der Waals surface area contributed by atoms with Crippen molar-refractivity contribution < 1.29 is 9.47 Å². The molecular formula is C18H29NO2. The van der Waals surface area contributed by atoms with E-state index in [-0.39, 0.29) is 6.04 Å². The van der Waals surface area contributed by atoms with Gasteiger partial charge in [-0.05, 0) is 55.8 Å². The van der Waals surface area contributed by atoms with Gasteiger partial charge in [-0.2, -0.15) is 0 Å². The maximum Gasteiger partial charge on any atom is 0.118 e. The molecule has 0 aromatic heterocycles. The third kappa shape index (κ3) is 4.72. The van der Waals surface area contributed by atoms with Crippen LogP contribution in [0.1, 0.15) is 51.1 Å². The molecule has 1 saturated carbocycles. The van der Waals surface area contributed by atoms with Crippen molar-refractivity contribution in [1.82, 2.24) is 5.32 Å². The number of hydrogen-bond donors (Lipinski definition) is 1. The normalized spacial score (nSPS) is 20.2. The summed E-state index contributed by atoms with van der Waals surface area (Å²) in [6, 6.07) is 8.46. The highest BCUT2D eigenvalue weighted by molar-refractivity contribution is 5.29. The Balaban J connectivity index is 1.85. The summed E-state index contributed by atoms with van der Waals surface area (Å²) in [4.78, 5) is 0. The van der Waals surface area contributed by atoms with Gasteiger partial charge < -0.3 is 14.8 Å². The fourth-order valence-corrected chi connectivity index (χ4v) is 2.95. The summed E-state index contributed by atoms with van der Waals surface area (Å²) in [5, 5.41) is 3.35. The first kappa shape index (κ1) is 16.3. The van der Waals surface area contributed by atoms with Crippen LogP contribution in [-0.4, -0.2) is 26.9 Å². The van der Waals surface area contributed by atoms with Crippen molar-refractivity contribution in [3.05, 3.63) is 29.8 Å². The van der Waals surface area contributed by atoms with E-state index >= 15 is 0 Å². The van der Waals surface area contributed by atoms with Crippen molar-refractivity contribution in [2.24, 2.45) is 5.41 Å². The standard InChI is InChI=1S/C18H29NO2/c1-18(2)11-9-16(10-12-18)21-13-17(19-3)14-5-7-15(20-4)8-6-14/h5-8,16-17,19H,9-13H2,1-4H3. The average Bonchev–Trinajstić information content (AvgIpc) is 2.50. The highest BCUT2D eigenvalue weighted by Gasteiger charge is 2.27. The molecule has 21 heavy (non-hydrogen) atoms. The van der Waals surface area contributed by atoms with E-state index in [0.29, 0.717) is 11.5 Å². The molecule has 2 rings (SSSR count). The molecular weight excluding hydrogens is 262 g/mol. The largest absolute Gasteiger partial charge is 0.497 e. The van der Waals surface area contributed by atoms with E-state index in [2.05, 4.69) is 31.3 Å². The van der Waals surface area contributed by atoms with Crippen LogP contribution < -0.4 is 10.1 Å². The van der Waals surface area contributed by atoms with Crippen molar-refractivity contribution in [2.45, 2.75) is 51.7 Å². The molecule has 1 unspecified atom stereocenters. The lowest BCUT2D eigenvalue weighted by Crippen LogP contribution is -2.30. The highest BCUT2D eigenvalue weighted by Crippen LogP contribution is 2.36. The first-order valence-electron chi connectivity index (χ1n) is 7.97. The zero-order valence-corrected chi connectivity index (χ0v) is 13.8. The Hall–Kier alpha value is -1.06. The number of methoxy groups -OCH3 is 1. The lowest BCUT2D eigenvalue weighted by Gasteiger charge is -2.34. The molecule has 1 aliphatic rings. The van der Waals surface area contributed by atoms with Crippen LogP contribution in [0, 0.1) is 5.41 Å². The van der Waals surface area contributed by atoms with E-state index in [0.717, 1.165) is 12.4 Å². The Kier molecular flexibility index (Phi) is 5.65. The zero-order chi connectivity index (χ0) is 15.3. The first-order valence-corrected chi connectivity index (χ1v) is 7.97. The third-order valence-electron chi connectivity index (χ3n) is 4.65. The van der Waals surface area contributed by atoms with Gasteiger partial charge in [-0.25, -0.2) is 0 Å². The van der Waals surface area contributed by atoms with E-state index < -0.39 is 0 Å². The predicted octanol–water partition coefficient (Wildman–Crippen LogP) is 3.94. The Morgan fingerprint density at radius 3 is 2.33 bits per heavy atom. The number of hydrogen-bond acceptors (Lipinski definition) is 3. The molecule has 0 saturated heterocycles. The summed E-state index contributed by atoms with van der Waals surface area (Å²) >= 11 is 0. The molecule has 3 heteroatoms. The van der Waals surface area contributed by atoms with E-state index in [4.69, 9.17) is 9.47 Å². The Bertz CT molecular complexity index is 417. The quantitative estimate of drug-likeness (QED) is 0.861. The summed E-state index contributed by atoms with van der Waals surface area (Å²) in [7, 11) is 3.68. The average molecular weight is 291 g/mol. The van der Waals surface area contributed by atoms with Gasteiger partial charge in [-0.3, -0.25) is 0 Å². The van der Waals surface area contributed by atoms with Crippen LogP contribution in [0.3, 0.4) is 0 Å². The molecule has 1 N–H and O–H groups in total. The van der Waals surface area contributed by atoms with Gasteiger partial charge in [-0.15, -0.1) is 0 Å². The first-order chi connectivity index (χ1) is 10.0. The topological polar surface area (TPSA) is 30.5 Å². The van der Waals surface area contributed by atoms with Crippen LogP contribution in [-0.2, 0) is 4.74 Å². The second-order valence-electron chi connectivity index (χ2n) is 6.81. The van der Waals surface area contributed by atoms with Crippen LogP contribution in [0.2, 0.25) is 0 Å². The Labute approximate surface area is 129 Å². The summed E-state index contributed by atoms with van der Waals surface area (Å²) in [6.45, 7) is 5.45. The predicted molar refractivity (Wildman–Crippen MR) is 86.8 cm³/mol. The molecule has 0 radical (unpaired) electrons. The molecule has 1 fully saturated rings. The fraction of sp³-hybridized carbons (Fsp3) is 0.667. The second-order valence-corrected chi connectivity index (χ2v) is 6.81. The summed E-state index contributed by atoms with van der Waals surface area (Å²) < 4.78 is 11.4. The molecule has 0 amide bonds. The maximum absolute atomic E-state index is 6.15. The van der Waals surface area contributed by atoms with Crippen molar-refractivity contribution in [3.63, 3.8) is 0 Å². The van der Waals surface area contributed by atoms with Gasteiger partial charge in [0, 0.05) is 0 Å². The van der Waals surface area contributed by atoms with Gasteiger partial charge in [-0.1, -0.05) is 26.0 Å². The number of likely N-dealkylation sites (N-methyl/N-ethyl adjacent to an activating group) is 1. The van der Waals surface area contributed by atoms with Crippen LogP contribution in [0.5, 0.6) is 5.75 Å². The van der Waals surface area contributed by atoms with Gasteiger partial charge in [0.25, 0.3) is 0 Å². The van der Waals surface area contributed by atoms with Gasteiger partial charge in [0.2, 0.25) is 0 Å². The SMILES string of the molecule is CNC(COC1CCC(C)(C)CC1)c1ccc(OC)cc1. The van der Waals surface area contributed by atoms with E-state index in [1.807, 2.05) is 19.2 Å². The number of rotatable bonds is 6. The summed E-state index contributed by atoms with van der Waals surface area (Å²) in [5.41, 5.74) is 1.74. The molecule has 0 spiro atoms. The molecule has 0 bridgehead atoms. The molecule has 1 aliphatic carbocycles. The van der Waals surface area contributed by atoms with E-state index in [9.17, 15) is 0 Å². The van der Waals surface area contributed by atoms with Gasteiger partial charge in [0.1, 0.15) is 5.75 Å². The molecule has 1 aromatic rings. The van der Waals surface area contributed by atoms with Gasteiger partial charge in [0.15, 0.2) is 0 Å². The van der Waals surface area contributed by atoms with Crippen LogP contribution >= 0.6 is 0 Å². The van der Waals surface area contributed by atoms with E-state index in [1.54, 1.807) is 7.11 Å². The molecule has 1 atom stereocenters. The minimum Gasteiger partial charge on any atom is -0.497 e. The number of benzene rings is 1. The molecule has 1 aromatic carbocycles. The monoisotopic (exact) mass is 291 g/mol. The lowest BCUT2D eigenvalue weighted by molar-refractivity contribution is -0.00504. The van der Waals surface area contributed by atoms with E-state index in [1.165, 1.54) is 31.2 Å². The molecule has 118 valence electrons. The molecule has 0 aliphatic heterocycles. The van der Waals surface area contributed by atoms with Crippen molar-refractivity contribution in [1.29, 1.82) is 0 Å². The zero-order valence-electron chi connectivity index (χ0n) is 13.8. The Morgan fingerprint density at radius 1 is 1.19 bits per heavy atom. The minimum atomic E-state index is 0.242. The summed E-state index contributed by atoms with van der Waals surface area (Å²) in [6.07, 6.45) is 5.33. The van der Waals surface area contributed by atoms with Crippen LogP contribution in [0.15, 0.2) is 24.3 Å². The number of nitrogens with one attached hydrogen (secondary N) is 1. The van der Waals surface area contributed by atoms with Crippen molar-refractivity contribution in [2.75, 3.05) is 20.8 Å². The second kappa shape index (κ2) is 7.28. The fourth-order valence-electron chi connectivity index (χ4n) is 2.95. The van der Waals surface area contributed by atoms with Crippen LogP contribution in [0.25, 0.3) is 0 Å². The third-order valence-corrected chi connectivity index (χ3v) is 4.65. The number of ether oxygens (including phenoxy) is 2. The summed E-state index contributed by atoms with van der Waals surface area (Å²) in [5.74, 6) is 0.893. The molecule has 3 nitrogen and oxygen atoms in total. The van der Waals surface area contributed by atoms with Gasteiger partial charge in [0.05, 0.1) is 25.9 Å². The van der Waals surface area contributed by atoms with Crippen LogP contribution in [0.4, 0.5) is 0 Å². The van der Waals surface area contributed by atoms with Crippen molar-refractivity contribution >= 4 is 0 Å². The minimum absolute atomic E-state index is 0.242. The highest BCUT2D eigenvalue weighted by atomic mass is 16.5.